The number of nitrogens with one attached hydrogen (secondary N) is 1. The number of hydrogen-bond acceptors (Lipinski definition) is 6. The van der Waals surface area contributed by atoms with E-state index in [1.54, 1.807) is 6.92 Å². The fourth-order valence-electron chi connectivity index (χ4n) is 1.55. The zero-order chi connectivity index (χ0) is 16.3. The minimum absolute atomic E-state index is 0.0341. The first kappa shape index (κ1) is 17.7. The number of sulfonamides is 1. The Hall–Kier alpha value is -1.32. The predicted molar refractivity (Wildman–Crippen MR) is 84.5 cm³/mol. The molecular formula is C12H21N3O4S2. The minimum Gasteiger partial charge on any atom is -0.397 e. The molecule has 0 unspecified atom stereocenters. The van der Waals surface area contributed by atoms with Crippen molar-refractivity contribution in [1.29, 1.82) is 0 Å². The quantitative estimate of drug-likeness (QED) is 0.697. The van der Waals surface area contributed by atoms with Crippen LogP contribution >= 0.6 is 0 Å². The third kappa shape index (κ3) is 4.58. The average molecular weight is 335 g/mol. The Balaban J connectivity index is 2.94. The van der Waals surface area contributed by atoms with Gasteiger partial charge >= 0.3 is 0 Å². The van der Waals surface area contributed by atoms with Gasteiger partial charge in [-0.05, 0) is 18.2 Å². The maximum atomic E-state index is 12.0. The highest BCUT2D eigenvalue weighted by Gasteiger charge is 2.18. The van der Waals surface area contributed by atoms with Crippen molar-refractivity contribution in [2.45, 2.75) is 11.8 Å². The van der Waals surface area contributed by atoms with Gasteiger partial charge in [0.25, 0.3) is 0 Å². The number of nitrogen functional groups attached to an aromatic ring is 1. The molecule has 0 saturated carbocycles. The molecule has 0 heterocycles. The van der Waals surface area contributed by atoms with Gasteiger partial charge in [0.2, 0.25) is 10.0 Å². The fourth-order valence-corrected chi connectivity index (χ4v) is 3.18. The molecule has 0 aliphatic carbocycles. The molecule has 0 aliphatic rings. The zero-order valence-corrected chi connectivity index (χ0v) is 14.0. The van der Waals surface area contributed by atoms with Crippen molar-refractivity contribution >= 4 is 31.2 Å². The standard InChI is InChI=1S/C12H21N3O4S2/c1-4-20(16,17)8-7-14-12-9-10(5-6-11(12)13)21(18,19)15(2)3/h5-6,9,14H,4,7-8,13H2,1-3H3. The Labute approximate surface area is 126 Å². The summed E-state index contributed by atoms with van der Waals surface area (Å²) in [5.41, 5.74) is 6.54. The first-order valence-corrected chi connectivity index (χ1v) is 9.62. The van der Waals surface area contributed by atoms with E-state index >= 15 is 0 Å². The number of sulfone groups is 1. The normalized spacial score (nSPS) is 12.6. The topological polar surface area (TPSA) is 110 Å². The second-order valence-corrected chi connectivity index (χ2v) is 9.32. The summed E-state index contributed by atoms with van der Waals surface area (Å²) >= 11 is 0. The van der Waals surface area contributed by atoms with Gasteiger partial charge in [0.15, 0.2) is 9.84 Å². The Morgan fingerprint density at radius 2 is 1.81 bits per heavy atom. The Morgan fingerprint density at radius 3 is 2.33 bits per heavy atom. The SMILES string of the molecule is CCS(=O)(=O)CCNc1cc(S(=O)(=O)N(C)C)ccc1N. The van der Waals surface area contributed by atoms with Gasteiger partial charge in [-0.25, -0.2) is 21.1 Å². The summed E-state index contributed by atoms with van der Waals surface area (Å²) in [6.45, 7) is 1.75. The number of anilines is 2. The van der Waals surface area contributed by atoms with Crippen molar-refractivity contribution in [3.63, 3.8) is 0 Å². The lowest BCUT2D eigenvalue weighted by Gasteiger charge is -2.14. The Kier molecular flexibility index (Phi) is 5.60. The number of rotatable bonds is 7. The highest BCUT2D eigenvalue weighted by Crippen LogP contribution is 2.24. The van der Waals surface area contributed by atoms with Crippen LogP contribution in [0.1, 0.15) is 6.92 Å². The van der Waals surface area contributed by atoms with E-state index in [-0.39, 0.29) is 22.9 Å². The third-order valence-electron chi connectivity index (χ3n) is 2.97. The minimum atomic E-state index is -3.55. The molecule has 1 aromatic carbocycles. The van der Waals surface area contributed by atoms with Crippen LogP contribution in [0.25, 0.3) is 0 Å². The summed E-state index contributed by atoms with van der Waals surface area (Å²) in [6.07, 6.45) is 0. The van der Waals surface area contributed by atoms with Crippen LogP contribution in [0.2, 0.25) is 0 Å². The fraction of sp³-hybridized carbons (Fsp3) is 0.500. The highest BCUT2D eigenvalue weighted by molar-refractivity contribution is 7.91. The van der Waals surface area contributed by atoms with Crippen LogP contribution in [0.4, 0.5) is 11.4 Å². The van der Waals surface area contributed by atoms with Crippen molar-refractivity contribution < 1.29 is 16.8 Å². The van der Waals surface area contributed by atoms with E-state index in [0.717, 1.165) is 4.31 Å². The molecule has 0 bridgehead atoms. The summed E-state index contributed by atoms with van der Waals surface area (Å²) in [7, 11) is -3.76. The van der Waals surface area contributed by atoms with Crippen molar-refractivity contribution in [1.82, 2.24) is 4.31 Å². The molecule has 0 amide bonds. The number of benzene rings is 1. The molecular weight excluding hydrogens is 314 g/mol. The number of nitrogens with zero attached hydrogens (tertiary/aromatic N) is 1. The monoisotopic (exact) mass is 335 g/mol. The molecule has 0 spiro atoms. The van der Waals surface area contributed by atoms with Gasteiger partial charge in [-0.3, -0.25) is 0 Å². The molecule has 9 heteroatoms. The van der Waals surface area contributed by atoms with Gasteiger partial charge < -0.3 is 11.1 Å². The lowest BCUT2D eigenvalue weighted by Crippen LogP contribution is -2.22. The second kappa shape index (κ2) is 6.63. The van der Waals surface area contributed by atoms with Crippen LogP contribution in [0.5, 0.6) is 0 Å². The van der Waals surface area contributed by atoms with E-state index in [4.69, 9.17) is 5.73 Å². The summed E-state index contributed by atoms with van der Waals surface area (Å²) in [5.74, 6) is 0.0345. The summed E-state index contributed by atoms with van der Waals surface area (Å²) in [5, 5.41) is 2.87. The van der Waals surface area contributed by atoms with E-state index in [1.165, 1.54) is 32.3 Å². The molecule has 1 rings (SSSR count). The van der Waals surface area contributed by atoms with Gasteiger partial charge in [-0.15, -0.1) is 0 Å². The molecule has 0 aromatic heterocycles. The maximum Gasteiger partial charge on any atom is 0.242 e. The highest BCUT2D eigenvalue weighted by atomic mass is 32.2. The van der Waals surface area contributed by atoms with Crippen LogP contribution < -0.4 is 11.1 Å². The Morgan fingerprint density at radius 1 is 1.19 bits per heavy atom. The molecule has 0 radical (unpaired) electrons. The van der Waals surface area contributed by atoms with Crippen LogP contribution in [-0.2, 0) is 19.9 Å². The number of hydrogen-bond donors (Lipinski definition) is 2. The van der Waals surface area contributed by atoms with E-state index in [0.29, 0.717) is 11.4 Å². The molecule has 0 aliphatic heterocycles. The smallest absolute Gasteiger partial charge is 0.242 e. The largest absolute Gasteiger partial charge is 0.397 e. The average Bonchev–Trinajstić information content (AvgIpc) is 2.40. The first-order chi connectivity index (χ1) is 9.60. The van der Waals surface area contributed by atoms with Crippen LogP contribution in [0.3, 0.4) is 0 Å². The lowest BCUT2D eigenvalue weighted by atomic mass is 10.2. The van der Waals surface area contributed by atoms with Crippen molar-refractivity contribution in [2.24, 2.45) is 0 Å². The molecule has 0 saturated heterocycles. The molecule has 120 valence electrons. The van der Waals surface area contributed by atoms with Crippen LogP contribution in [0.15, 0.2) is 23.1 Å². The van der Waals surface area contributed by atoms with Crippen molar-refractivity contribution in [3.8, 4) is 0 Å². The lowest BCUT2D eigenvalue weighted by molar-refractivity contribution is 0.521. The van der Waals surface area contributed by atoms with Crippen molar-refractivity contribution in [3.05, 3.63) is 18.2 Å². The van der Waals surface area contributed by atoms with E-state index in [2.05, 4.69) is 5.32 Å². The van der Waals surface area contributed by atoms with Gasteiger partial charge in [-0.2, -0.15) is 0 Å². The zero-order valence-electron chi connectivity index (χ0n) is 12.3. The molecule has 21 heavy (non-hydrogen) atoms. The molecule has 1 aromatic rings. The van der Waals surface area contributed by atoms with Crippen LogP contribution in [0, 0.1) is 0 Å². The number of nitrogens with two attached hydrogens (primary N) is 1. The summed E-state index contributed by atoms with van der Waals surface area (Å²) in [4.78, 5) is 0.0996. The van der Waals surface area contributed by atoms with E-state index in [1.807, 2.05) is 0 Å². The molecule has 3 N–H and O–H groups in total. The van der Waals surface area contributed by atoms with Crippen molar-refractivity contribution in [2.75, 3.05) is 43.2 Å². The van der Waals surface area contributed by atoms with Gasteiger partial charge in [0.05, 0.1) is 22.0 Å². The maximum absolute atomic E-state index is 12.0. The molecule has 0 atom stereocenters. The van der Waals surface area contributed by atoms with E-state index in [9.17, 15) is 16.8 Å². The predicted octanol–water partition coefficient (Wildman–Crippen LogP) is 0.366. The summed E-state index contributed by atoms with van der Waals surface area (Å²) in [6, 6.07) is 4.30. The summed E-state index contributed by atoms with van der Waals surface area (Å²) < 4.78 is 48.0. The second-order valence-electron chi connectivity index (χ2n) is 4.70. The van der Waals surface area contributed by atoms with Gasteiger partial charge in [0, 0.05) is 26.4 Å². The molecule has 0 fully saturated rings. The van der Waals surface area contributed by atoms with Gasteiger partial charge in [0.1, 0.15) is 0 Å². The molecule has 7 nitrogen and oxygen atoms in total. The van der Waals surface area contributed by atoms with E-state index < -0.39 is 19.9 Å². The van der Waals surface area contributed by atoms with Gasteiger partial charge in [-0.1, -0.05) is 6.92 Å². The Bertz CT molecular complexity index is 697. The van der Waals surface area contributed by atoms with Crippen LogP contribution in [-0.4, -0.2) is 53.3 Å². The first-order valence-electron chi connectivity index (χ1n) is 6.36. The third-order valence-corrected chi connectivity index (χ3v) is 6.49.